The Bertz CT molecular complexity index is 914. The third-order valence-corrected chi connectivity index (χ3v) is 6.08. The Kier molecular flexibility index (Phi) is 5.51. The van der Waals surface area contributed by atoms with Gasteiger partial charge in [0.25, 0.3) is 11.1 Å². The average molecular weight is 409 g/mol. The molecule has 136 valence electrons. The first-order valence-corrected chi connectivity index (χ1v) is 9.75. The van der Waals surface area contributed by atoms with Crippen molar-refractivity contribution in [1.29, 1.82) is 0 Å². The molecule has 0 N–H and O–H groups in total. The van der Waals surface area contributed by atoms with E-state index in [0.717, 1.165) is 35.3 Å². The van der Waals surface area contributed by atoms with Gasteiger partial charge in [0.1, 0.15) is 0 Å². The number of hydrogen-bond donors (Lipinski definition) is 0. The molecule has 1 aliphatic rings. The molecule has 1 fully saturated rings. The fourth-order valence-electron chi connectivity index (χ4n) is 3.08. The number of aryl methyl sites for hydroxylation is 1. The number of hydrogen-bond acceptors (Lipinski definition) is 3. The lowest BCUT2D eigenvalue weighted by Crippen LogP contribution is -2.27. The molecule has 2 heterocycles. The zero-order valence-corrected chi connectivity index (χ0v) is 17.0. The Hall–Kier alpha value is -1.69. The van der Waals surface area contributed by atoms with Crippen molar-refractivity contribution in [2.45, 2.75) is 33.9 Å². The van der Waals surface area contributed by atoms with Crippen molar-refractivity contribution < 1.29 is 9.59 Å². The van der Waals surface area contributed by atoms with Crippen LogP contribution in [0.25, 0.3) is 6.08 Å². The molecule has 7 heteroatoms. The van der Waals surface area contributed by atoms with Gasteiger partial charge in [-0.3, -0.25) is 14.5 Å². The summed E-state index contributed by atoms with van der Waals surface area (Å²) in [6, 6.07) is 7.14. The van der Waals surface area contributed by atoms with E-state index >= 15 is 0 Å². The summed E-state index contributed by atoms with van der Waals surface area (Å²) in [7, 11) is 0. The summed E-state index contributed by atoms with van der Waals surface area (Å²) in [5, 5.41) is 0.556. The van der Waals surface area contributed by atoms with Gasteiger partial charge in [-0.05, 0) is 62.4 Å². The predicted octanol–water partition coefficient (Wildman–Crippen LogP) is 5.67. The zero-order valence-electron chi connectivity index (χ0n) is 14.7. The number of rotatable bonds is 4. The third-order valence-electron chi connectivity index (χ3n) is 4.47. The second-order valence-corrected chi connectivity index (χ2v) is 7.85. The zero-order chi connectivity index (χ0) is 19.0. The van der Waals surface area contributed by atoms with Crippen molar-refractivity contribution in [3.63, 3.8) is 0 Å². The first-order valence-electron chi connectivity index (χ1n) is 8.18. The Balaban J connectivity index is 1.90. The summed E-state index contributed by atoms with van der Waals surface area (Å²) in [6.07, 6.45) is 1.79. The minimum Gasteiger partial charge on any atom is -0.349 e. The Morgan fingerprint density at radius 3 is 2.38 bits per heavy atom. The van der Waals surface area contributed by atoms with E-state index in [1.165, 1.54) is 4.90 Å². The number of carbonyl (C=O) groups excluding carboxylic acids is 2. The first kappa shape index (κ1) is 19.1. The third kappa shape index (κ3) is 3.43. The van der Waals surface area contributed by atoms with E-state index in [0.29, 0.717) is 20.5 Å². The lowest BCUT2D eigenvalue weighted by Gasteiger charge is -2.14. The maximum atomic E-state index is 12.7. The Morgan fingerprint density at radius 1 is 1.15 bits per heavy atom. The number of nitrogens with zero attached hydrogens (tertiary/aromatic N) is 2. The molecule has 3 rings (SSSR count). The second kappa shape index (κ2) is 7.51. The van der Waals surface area contributed by atoms with Crippen molar-refractivity contribution in [2.75, 3.05) is 0 Å². The number of imide groups is 1. The van der Waals surface area contributed by atoms with Gasteiger partial charge >= 0.3 is 0 Å². The molecule has 4 nitrogen and oxygen atoms in total. The standard InChI is InChI=1S/C19H18Cl2N2O2S/c1-4-22-11(2)8-13(12(22)3)9-17-18(24)23(19(25)26-17)10-14-15(20)6-5-7-16(14)21/h5-9H,4,10H2,1-3H3/b17-9-. The van der Waals surface area contributed by atoms with E-state index in [-0.39, 0.29) is 17.7 Å². The molecule has 0 saturated carbocycles. The van der Waals surface area contributed by atoms with Crippen LogP contribution in [0, 0.1) is 13.8 Å². The molecular formula is C19H18Cl2N2O2S. The molecule has 2 aromatic rings. The maximum absolute atomic E-state index is 12.7. The molecule has 2 amide bonds. The summed E-state index contributed by atoms with van der Waals surface area (Å²) in [5.41, 5.74) is 3.72. The van der Waals surface area contributed by atoms with E-state index in [1.807, 2.05) is 19.9 Å². The van der Waals surface area contributed by atoms with Crippen LogP contribution in [0.2, 0.25) is 10.0 Å². The van der Waals surface area contributed by atoms with Crippen molar-refractivity contribution >= 4 is 52.2 Å². The van der Waals surface area contributed by atoms with Gasteiger partial charge in [0.2, 0.25) is 0 Å². The van der Waals surface area contributed by atoms with Gasteiger partial charge in [-0.1, -0.05) is 29.3 Å². The molecule has 1 saturated heterocycles. The first-order chi connectivity index (χ1) is 12.3. The highest BCUT2D eigenvalue weighted by molar-refractivity contribution is 8.18. The van der Waals surface area contributed by atoms with Crippen LogP contribution >= 0.6 is 35.0 Å². The van der Waals surface area contributed by atoms with Crippen LogP contribution in [-0.4, -0.2) is 20.6 Å². The lowest BCUT2D eigenvalue weighted by atomic mass is 10.2. The second-order valence-electron chi connectivity index (χ2n) is 6.04. The van der Waals surface area contributed by atoms with Gasteiger partial charge in [-0.25, -0.2) is 0 Å². The molecule has 1 aromatic carbocycles. The fraction of sp³-hybridized carbons (Fsp3) is 0.263. The van der Waals surface area contributed by atoms with E-state index in [1.54, 1.807) is 24.3 Å². The van der Waals surface area contributed by atoms with Crippen LogP contribution in [0.5, 0.6) is 0 Å². The van der Waals surface area contributed by atoms with E-state index in [2.05, 4.69) is 11.5 Å². The molecule has 0 aliphatic carbocycles. The van der Waals surface area contributed by atoms with Crippen LogP contribution in [0.15, 0.2) is 29.2 Å². The number of thioether (sulfide) groups is 1. The molecule has 0 atom stereocenters. The van der Waals surface area contributed by atoms with Gasteiger partial charge < -0.3 is 4.57 Å². The van der Waals surface area contributed by atoms with Crippen LogP contribution in [0.1, 0.15) is 29.4 Å². The number of halogens is 2. The quantitative estimate of drug-likeness (QED) is 0.612. The summed E-state index contributed by atoms with van der Waals surface area (Å²) in [5.74, 6) is -0.322. The predicted molar refractivity (Wildman–Crippen MR) is 108 cm³/mol. The van der Waals surface area contributed by atoms with Crippen LogP contribution < -0.4 is 0 Å². The van der Waals surface area contributed by atoms with Gasteiger partial charge in [-0.2, -0.15) is 0 Å². The van der Waals surface area contributed by atoms with E-state index in [9.17, 15) is 9.59 Å². The molecule has 0 bridgehead atoms. The van der Waals surface area contributed by atoms with Gasteiger partial charge in [0.05, 0.1) is 11.4 Å². The monoisotopic (exact) mass is 408 g/mol. The van der Waals surface area contributed by atoms with E-state index in [4.69, 9.17) is 23.2 Å². The minimum atomic E-state index is -0.322. The Labute approximate surface area is 166 Å². The normalized spacial score (nSPS) is 16.2. The molecule has 0 unspecified atom stereocenters. The Morgan fingerprint density at radius 2 is 1.81 bits per heavy atom. The summed E-state index contributed by atoms with van der Waals surface area (Å²) >= 11 is 13.3. The smallest absolute Gasteiger partial charge is 0.293 e. The summed E-state index contributed by atoms with van der Waals surface area (Å²) < 4.78 is 2.17. The van der Waals surface area contributed by atoms with E-state index < -0.39 is 0 Å². The number of carbonyl (C=O) groups is 2. The number of amides is 2. The SMILES string of the molecule is CCn1c(C)cc(/C=C2\SC(=O)N(Cc3c(Cl)cccc3Cl)C2=O)c1C. The molecule has 0 radical (unpaired) electrons. The molecular weight excluding hydrogens is 391 g/mol. The van der Waals surface area contributed by atoms with Crippen LogP contribution in [0.3, 0.4) is 0 Å². The lowest BCUT2D eigenvalue weighted by molar-refractivity contribution is -0.123. The average Bonchev–Trinajstić information content (AvgIpc) is 3.00. The van der Waals surface area contributed by atoms with Crippen molar-refractivity contribution in [2.24, 2.45) is 0 Å². The topological polar surface area (TPSA) is 42.3 Å². The minimum absolute atomic E-state index is 0.0640. The summed E-state index contributed by atoms with van der Waals surface area (Å²) in [6.45, 7) is 7.03. The highest BCUT2D eigenvalue weighted by Gasteiger charge is 2.36. The number of aromatic nitrogens is 1. The molecule has 1 aromatic heterocycles. The molecule has 0 spiro atoms. The van der Waals surface area contributed by atoms with Gasteiger partial charge in [0, 0.05) is 33.5 Å². The number of benzene rings is 1. The molecule has 1 aliphatic heterocycles. The maximum Gasteiger partial charge on any atom is 0.293 e. The summed E-state index contributed by atoms with van der Waals surface area (Å²) in [4.78, 5) is 26.7. The highest BCUT2D eigenvalue weighted by Crippen LogP contribution is 2.36. The van der Waals surface area contributed by atoms with Crippen LogP contribution in [-0.2, 0) is 17.9 Å². The van der Waals surface area contributed by atoms with Crippen LogP contribution in [0.4, 0.5) is 4.79 Å². The van der Waals surface area contributed by atoms with Gasteiger partial charge in [0.15, 0.2) is 0 Å². The highest BCUT2D eigenvalue weighted by atomic mass is 35.5. The van der Waals surface area contributed by atoms with Crippen molar-refractivity contribution in [3.8, 4) is 0 Å². The fourth-order valence-corrected chi connectivity index (χ4v) is 4.43. The molecule has 26 heavy (non-hydrogen) atoms. The van der Waals surface area contributed by atoms with Crippen molar-refractivity contribution in [3.05, 3.63) is 61.7 Å². The largest absolute Gasteiger partial charge is 0.349 e. The van der Waals surface area contributed by atoms with Gasteiger partial charge in [-0.15, -0.1) is 0 Å². The van der Waals surface area contributed by atoms with Crippen molar-refractivity contribution in [1.82, 2.24) is 9.47 Å².